The van der Waals surface area contributed by atoms with Gasteiger partial charge in [0.25, 0.3) is 0 Å². The molecule has 2 N–H and O–H groups in total. The van der Waals surface area contributed by atoms with Gasteiger partial charge in [0.05, 0.1) is 23.0 Å². The molecule has 0 saturated heterocycles. The van der Waals surface area contributed by atoms with Crippen LogP contribution in [0, 0.1) is 0 Å². The molecule has 5 heteroatoms. The third kappa shape index (κ3) is 3.21. The Labute approximate surface area is 141 Å². The molecule has 0 spiro atoms. The second kappa shape index (κ2) is 6.26. The molecule has 0 bridgehead atoms. The van der Waals surface area contributed by atoms with Gasteiger partial charge in [-0.1, -0.05) is 39.0 Å². The summed E-state index contributed by atoms with van der Waals surface area (Å²) in [6.45, 7) is 7.04. The molecule has 0 fully saturated rings. The Morgan fingerprint density at radius 2 is 1.96 bits per heavy atom. The van der Waals surface area contributed by atoms with E-state index in [0.717, 1.165) is 22.1 Å². The van der Waals surface area contributed by atoms with Gasteiger partial charge >= 0.3 is 0 Å². The molecule has 1 atom stereocenters. The monoisotopic (exact) mass is 326 g/mol. The summed E-state index contributed by atoms with van der Waals surface area (Å²) in [5, 5.41) is 7.89. The number of rotatable bonds is 4. The Kier molecular flexibility index (Phi) is 4.33. The minimum Gasteiger partial charge on any atom is -0.329 e. The maximum Gasteiger partial charge on any atom is 0.103 e. The first-order valence-corrected chi connectivity index (χ1v) is 8.64. The Morgan fingerprint density at radius 3 is 2.52 bits per heavy atom. The van der Waals surface area contributed by atoms with Gasteiger partial charge < -0.3 is 5.73 Å². The van der Waals surface area contributed by atoms with Crippen LogP contribution in [0.15, 0.2) is 48.0 Å². The number of aromatic nitrogens is 3. The fourth-order valence-electron chi connectivity index (χ4n) is 2.54. The van der Waals surface area contributed by atoms with Crippen molar-refractivity contribution in [3.8, 4) is 5.69 Å². The highest BCUT2D eigenvalue weighted by atomic mass is 32.1. The number of thiazole rings is 1. The van der Waals surface area contributed by atoms with Crippen molar-refractivity contribution in [2.45, 2.75) is 32.1 Å². The van der Waals surface area contributed by atoms with E-state index in [2.05, 4.69) is 44.0 Å². The maximum atomic E-state index is 6.09. The van der Waals surface area contributed by atoms with Gasteiger partial charge in [-0.2, -0.15) is 5.10 Å². The SMILES string of the molecule is CC(C)(C)c1cc(C(CN)c2nccs2)n(-c2ccccc2)n1. The fourth-order valence-corrected chi connectivity index (χ4v) is 3.31. The summed E-state index contributed by atoms with van der Waals surface area (Å²) in [5.41, 5.74) is 9.28. The molecular formula is C18H22N4S. The largest absolute Gasteiger partial charge is 0.329 e. The molecule has 1 unspecified atom stereocenters. The van der Waals surface area contributed by atoms with Gasteiger partial charge in [0.15, 0.2) is 0 Å². The molecule has 0 aliphatic heterocycles. The summed E-state index contributed by atoms with van der Waals surface area (Å²) >= 11 is 1.64. The van der Waals surface area contributed by atoms with Crippen LogP contribution in [0.5, 0.6) is 0 Å². The first-order valence-electron chi connectivity index (χ1n) is 7.76. The van der Waals surface area contributed by atoms with Crippen molar-refractivity contribution in [3.63, 3.8) is 0 Å². The van der Waals surface area contributed by atoms with E-state index in [1.807, 2.05) is 34.5 Å². The first kappa shape index (κ1) is 15.9. The van der Waals surface area contributed by atoms with Crippen molar-refractivity contribution < 1.29 is 0 Å². The van der Waals surface area contributed by atoms with E-state index >= 15 is 0 Å². The highest BCUT2D eigenvalue weighted by Crippen LogP contribution is 2.31. The van der Waals surface area contributed by atoms with Crippen molar-refractivity contribution in [1.29, 1.82) is 0 Å². The number of hydrogen-bond acceptors (Lipinski definition) is 4. The van der Waals surface area contributed by atoms with E-state index in [-0.39, 0.29) is 11.3 Å². The van der Waals surface area contributed by atoms with Gasteiger partial charge in [-0.05, 0) is 18.2 Å². The van der Waals surface area contributed by atoms with Gasteiger partial charge in [0.2, 0.25) is 0 Å². The standard InChI is InChI=1S/C18H22N4S/c1-18(2,3)16-11-15(14(12-19)17-20-9-10-23-17)22(21-16)13-7-5-4-6-8-13/h4-11,14H,12,19H2,1-3H3. The molecule has 0 saturated carbocycles. The van der Waals surface area contributed by atoms with Crippen LogP contribution in [0.4, 0.5) is 0 Å². The fraction of sp³-hybridized carbons (Fsp3) is 0.333. The predicted molar refractivity (Wildman–Crippen MR) is 95.3 cm³/mol. The Balaban J connectivity index is 2.16. The Bertz CT molecular complexity index is 754. The molecule has 0 radical (unpaired) electrons. The summed E-state index contributed by atoms with van der Waals surface area (Å²) < 4.78 is 2.01. The number of nitrogens with two attached hydrogens (primary N) is 1. The zero-order chi connectivity index (χ0) is 16.4. The minimum atomic E-state index is -0.0171. The first-order chi connectivity index (χ1) is 11.0. The van der Waals surface area contributed by atoms with Crippen LogP contribution in [-0.2, 0) is 5.41 Å². The van der Waals surface area contributed by atoms with Crippen molar-refractivity contribution >= 4 is 11.3 Å². The third-order valence-electron chi connectivity index (χ3n) is 3.85. The van der Waals surface area contributed by atoms with Gasteiger partial charge in [-0.25, -0.2) is 9.67 Å². The quantitative estimate of drug-likeness (QED) is 0.795. The lowest BCUT2D eigenvalue weighted by Crippen LogP contribution is -2.17. The number of nitrogens with zero attached hydrogens (tertiary/aromatic N) is 3. The van der Waals surface area contributed by atoms with Crippen LogP contribution in [0.3, 0.4) is 0 Å². The van der Waals surface area contributed by atoms with Gasteiger partial charge in [0, 0.05) is 23.5 Å². The molecule has 2 heterocycles. The topological polar surface area (TPSA) is 56.7 Å². The van der Waals surface area contributed by atoms with Crippen LogP contribution in [-0.4, -0.2) is 21.3 Å². The molecule has 1 aromatic carbocycles. The van der Waals surface area contributed by atoms with Gasteiger partial charge in [0.1, 0.15) is 5.01 Å². The molecule has 3 rings (SSSR count). The lowest BCUT2D eigenvalue weighted by atomic mass is 9.91. The van der Waals surface area contributed by atoms with E-state index in [1.54, 1.807) is 11.3 Å². The van der Waals surface area contributed by atoms with E-state index in [1.165, 1.54) is 0 Å². The van der Waals surface area contributed by atoms with Crippen molar-refractivity contribution in [3.05, 3.63) is 64.4 Å². The Hall–Kier alpha value is -1.98. The van der Waals surface area contributed by atoms with Gasteiger partial charge in [-0.3, -0.25) is 0 Å². The average molecular weight is 326 g/mol. The summed E-state index contributed by atoms with van der Waals surface area (Å²) in [4.78, 5) is 4.47. The zero-order valence-electron chi connectivity index (χ0n) is 13.7. The van der Waals surface area contributed by atoms with Crippen LogP contribution in [0.1, 0.15) is 43.1 Å². The predicted octanol–water partition coefficient (Wildman–Crippen LogP) is 3.72. The summed E-state index contributed by atoms with van der Waals surface area (Å²) in [7, 11) is 0. The summed E-state index contributed by atoms with van der Waals surface area (Å²) in [6, 6.07) is 12.4. The van der Waals surface area contributed by atoms with Crippen LogP contribution in [0.2, 0.25) is 0 Å². The Morgan fingerprint density at radius 1 is 1.22 bits per heavy atom. The zero-order valence-corrected chi connectivity index (χ0v) is 14.5. The third-order valence-corrected chi connectivity index (χ3v) is 4.74. The molecule has 3 aromatic rings. The van der Waals surface area contributed by atoms with E-state index in [0.29, 0.717) is 6.54 Å². The maximum absolute atomic E-state index is 6.09. The van der Waals surface area contributed by atoms with Crippen LogP contribution < -0.4 is 5.73 Å². The highest BCUT2D eigenvalue weighted by molar-refractivity contribution is 7.09. The van der Waals surface area contributed by atoms with Crippen molar-refractivity contribution in [1.82, 2.24) is 14.8 Å². The minimum absolute atomic E-state index is 0.0171. The number of hydrogen-bond donors (Lipinski definition) is 1. The van der Waals surface area contributed by atoms with Crippen LogP contribution in [0.25, 0.3) is 5.69 Å². The molecule has 0 aliphatic carbocycles. The van der Waals surface area contributed by atoms with E-state index < -0.39 is 0 Å². The van der Waals surface area contributed by atoms with Crippen molar-refractivity contribution in [2.24, 2.45) is 5.73 Å². The summed E-state index contributed by atoms with van der Waals surface area (Å²) in [5.74, 6) is 0.0545. The van der Waals surface area contributed by atoms with E-state index in [9.17, 15) is 0 Å². The van der Waals surface area contributed by atoms with Crippen LogP contribution >= 0.6 is 11.3 Å². The average Bonchev–Trinajstić information content (AvgIpc) is 3.18. The van der Waals surface area contributed by atoms with Gasteiger partial charge in [-0.15, -0.1) is 11.3 Å². The molecule has 4 nitrogen and oxygen atoms in total. The second-order valence-corrected chi connectivity index (χ2v) is 7.54. The molecule has 120 valence electrons. The highest BCUT2D eigenvalue weighted by Gasteiger charge is 2.26. The lowest BCUT2D eigenvalue weighted by molar-refractivity contribution is 0.559. The molecule has 2 aromatic heterocycles. The lowest BCUT2D eigenvalue weighted by Gasteiger charge is -2.14. The number of benzene rings is 1. The van der Waals surface area contributed by atoms with E-state index in [4.69, 9.17) is 10.8 Å². The molecular weight excluding hydrogens is 304 g/mol. The molecule has 0 amide bonds. The van der Waals surface area contributed by atoms with Crippen molar-refractivity contribution in [2.75, 3.05) is 6.54 Å². The molecule has 23 heavy (non-hydrogen) atoms. The normalized spacial score (nSPS) is 13.2. The second-order valence-electron chi connectivity index (χ2n) is 6.61. The summed E-state index contributed by atoms with van der Waals surface area (Å²) in [6.07, 6.45) is 1.83. The smallest absolute Gasteiger partial charge is 0.103 e. The molecule has 0 aliphatic rings. The number of para-hydroxylation sites is 1.